The Bertz CT molecular complexity index is 261. The van der Waals surface area contributed by atoms with Crippen LogP contribution in [-0.2, 0) is 4.79 Å². The molecule has 0 unspecified atom stereocenters. The van der Waals surface area contributed by atoms with Crippen molar-refractivity contribution in [3.05, 3.63) is 0 Å². The number of rotatable bonds is 7. The fraction of sp³-hybridized carbons (Fsp3) is 0.933. The molecule has 0 saturated heterocycles. The predicted molar refractivity (Wildman–Crippen MR) is 77.6 cm³/mol. The van der Waals surface area contributed by atoms with Crippen molar-refractivity contribution in [2.24, 2.45) is 23.0 Å². The van der Waals surface area contributed by atoms with Crippen LogP contribution >= 0.6 is 0 Å². The van der Waals surface area contributed by atoms with Gasteiger partial charge in [-0.3, -0.25) is 4.79 Å². The average molecular weight is 270 g/mol. The Hall–Kier alpha value is -0.610. The summed E-state index contributed by atoms with van der Waals surface area (Å²) >= 11 is 0. The lowest BCUT2D eigenvalue weighted by Gasteiger charge is -2.32. The molecule has 1 aliphatic rings. The highest BCUT2D eigenvalue weighted by Gasteiger charge is 2.29. The maximum Gasteiger partial charge on any atom is 0.223 e. The summed E-state index contributed by atoms with van der Waals surface area (Å²) in [6.07, 6.45) is 5.83. The molecule has 0 spiro atoms. The van der Waals surface area contributed by atoms with E-state index in [4.69, 9.17) is 5.73 Å². The van der Waals surface area contributed by atoms with E-state index >= 15 is 0 Å². The molecular weight excluding hydrogens is 240 g/mol. The van der Waals surface area contributed by atoms with Gasteiger partial charge in [0, 0.05) is 17.9 Å². The highest BCUT2D eigenvalue weighted by atomic mass is 16.3. The van der Waals surface area contributed by atoms with Crippen LogP contribution in [-0.4, -0.2) is 30.7 Å². The molecule has 0 aromatic rings. The smallest absolute Gasteiger partial charge is 0.223 e. The van der Waals surface area contributed by atoms with Crippen molar-refractivity contribution in [2.75, 3.05) is 19.7 Å². The van der Waals surface area contributed by atoms with Crippen LogP contribution in [0.2, 0.25) is 0 Å². The summed E-state index contributed by atoms with van der Waals surface area (Å²) in [6, 6.07) is 0. The van der Waals surface area contributed by atoms with E-state index in [9.17, 15) is 9.90 Å². The molecule has 0 heterocycles. The molecule has 4 heteroatoms. The lowest BCUT2D eigenvalue weighted by molar-refractivity contribution is -0.126. The minimum absolute atomic E-state index is 0.139. The minimum atomic E-state index is -0.149. The van der Waals surface area contributed by atoms with E-state index in [1.54, 1.807) is 0 Å². The molecule has 19 heavy (non-hydrogen) atoms. The zero-order valence-corrected chi connectivity index (χ0v) is 12.5. The normalized spacial score (nSPS) is 24.2. The summed E-state index contributed by atoms with van der Waals surface area (Å²) in [6.45, 7) is 5.61. The Kier molecular flexibility index (Phi) is 6.80. The molecular formula is C15H30N2O2. The number of aliphatic hydroxyl groups excluding tert-OH is 1. The summed E-state index contributed by atoms with van der Waals surface area (Å²) in [7, 11) is 0. The van der Waals surface area contributed by atoms with E-state index < -0.39 is 0 Å². The van der Waals surface area contributed by atoms with Gasteiger partial charge in [0.15, 0.2) is 0 Å². The third-order valence-corrected chi connectivity index (χ3v) is 5.02. The first-order chi connectivity index (χ1) is 9.10. The molecule has 1 rings (SSSR count). The topological polar surface area (TPSA) is 75.3 Å². The molecule has 1 saturated carbocycles. The lowest BCUT2D eigenvalue weighted by Crippen LogP contribution is -2.42. The summed E-state index contributed by atoms with van der Waals surface area (Å²) in [5, 5.41) is 12.5. The molecule has 0 aromatic carbocycles. The molecule has 4 nitrogen and oxygen atoms in total. The Balaban J connectivity index is 2.39. The first-order valence-corrected chi connectivity index (χ1v) is 7.69. The number of nitrogens with two attached hydrogens (primary N) is 1. The molecule has 0 aliphatic heterocycles. The van der Waals surface area contributed by atoms with Crippen LogP contribution in [0.15, 0.2) is 0 Å². The zero-order valence-electron chi connectivity index (χ0n) is 12.5. The maximum atomic E-state index is 12.2. The number of nitrogens with one attached hydrogen (secondary N) is 1. The second-order valence-electron chi connectivity index (χ2n) is 6.04. The number of hydrogen-bond donors (Lipinski definition) is 3. The molecule has 0 aromatic heterocycles. The van der Waals surface area contributed by atoms with Crippen molar-refractivity contribution < 1.29 is 9.90 Å². The lowest BCUT2D eigenvalue weighted by atomic mass is 9.80. The van der Waals surface area contributed by atoms with Crippen LogP contribution in [0.1, 0.15) is 52.4 Å². The molecule has 0 atom stereocenters. The van der Waals surface area contributed by atoms with Gasteiger partial charge in [0.25, 0.3) is 0 Å². The van der Waals surface area contributed by atoms with Gasteiger partial charge >= 0.3 is 0 Å². The van der Waals surface area contributed by atoms with Gasteiger partial charge in [-0.05, 0) is 51.0 Å². The first-order valence-electron chi connectivity index (χ1n) is 7.69. The van der Waals surface area contributed by atoms with Crippen LogP contribution in [0, 0.1) is 17.3 Å². The van der Waals surface area contributed by atoms with E-state index in [1.807, 2.05) is 0 Å². The van der Waals surface area contributed by atoms with Gasteiger partial charge in [0.1, 0.15) is 0 Å². The fourth-order valence-corrected chi connectivity index (χ4v) is 2.86. The summed E-state index contributed by atoms with van der Waals surface area (Å²) in [5.74, 6) is 0.912. The van der Waals surface area contributed by atoms with Crippen molar-refractivity contribution in [1.29, 1.82) is 0 Å². The maximum absolute atomic E-state index is 12.2. The molecule has 0 radical (unpaired) electrons. The van der Waals surface area contributed by atoms with E-state index in [-0.39, 0.29) is 23.8 Å². The Labute approximate surface area is 117 Å². The Morgan fingerprint density at radius 1 is 1.26 bits per heavy atom. The highest BCUT2D eigenvalue weighted by Crippen LogP contribution is 2.29. The van der Waals surface area contributed by atoms with Crippen molar-refractivity contribution >= 4 is 5.91 Å². The number of hydrogen-bond acceptors (Lipinski definition) is 3. The second kappa shape index (κ2) is 7.85. The van der Waals surface area contributed by atoms with Crippen molar-refractivity contribution in [3.63, 3.8) is 0 Å². The second-order valence-corrected chi connectivity index (χ2v) is 6.04. The van der Waals surface area contributed by atoms with E-state index in [0.717, 1.165) is 45.1 Å². The van der Waals surface area contributed by atoms with E-state index in [0.29, 0.717) is 12.5 Å². The zero-order chi connectivity index (χ0) is 14.3. The standard InChI is InChI=1S/C15H30N2O2/c1-3-15(4-2,11-18)10-17-14(19)13-7-5-12(9-16)6-8-13/h12-13,18H,3-11,16H2,1-2H3,(H,17,19). The van der Waals surface area contributed by atoms with Crippen LogP contribution in [0.3, 0.4) is 0 Å². The number of aliphatic hydroxyl groups is 1. The Morgan fingerprint density at radius 3 is 2.26 bits per heavy atom. The highest BCUT2D eigenvalue weighted by molar-refractivity contribution is 5.78. The van der Waals surface area contributed by atoms with Gasteiger partial charge in [-0.2, -0.15) is 0 Å². The predicted octanol–water partition coefficient (Wildman–Crippen LogP) is 1.67. The molecule has 1 amide bonds. The van der Waals surface area contributed by atoms with Gasteiger partial charge < -0.3 is 16.2 Å². The van der Waals surface area contributed by atoms with Crippen LogP contribution in [0.25, 0.3) is 0 Å². The third kappa shape index (κ3) is 4.46. The van der Waals surface area contributed by atoms with Gasteiger partial charge in [-0.1, -0.05) is 13.8 Å². The third-order valence-electron chi connectivity index (χ3n) is 5.02. The largest absolute Gasteiger partial charge is 0.396 e. The van der Waals surface area contributed by atoms with E-state index in [2.05, 4.69) is 19.2 Å². The Morgan fingerprint density at radius 2 is 1.84 bits per heavy atom. The molecule has 1 aliphatic carbocycles. The quantitative estimate of drug-likeness (QED) is 0.658. The van der Waals surface area contributed by atoms with Crippen LogP contribution in [0.4, 0.5) is 0 Å². The molecule has 1 fully saturated rings. The minimum Gasteiger partial charge on any atom is -0.396 e. The van der Waals surface area contributed by atoms with Gasteiger partial charge in [-0.25, -0.2) is 0 Å². The van der Waals surface area contributed by atoms with E-state index in [1.165, 1.54) is 0 Å². The number of carbonyl (C=O) groups excluding carboxylic acids is 1. The van der Waals surface area contributed by atoms with Crippen LogP contribution < -0.4 is 11.1 Å². The SMILES string of the molecule is CCC(CC)(CO)CNC(=O)C1CCC(CN)CC1. The summed E-state index contributed by atoms with van der Waals surface area (Å²) in [5.41, 5.74) is 5.52. The monoisotopic (exact) mass is 270 g/mol. The number of amides is 1. The van der Waals surface area contributed by atoms with Crippen molar-refractivity contribution in [1.82, 2.24) is 5.32 Å². The summed E-state index contributed by atoms with van der Waals surface area (Å²) in [4.78, 5) is 12.2. The molecule has 112 valence electrons. The number of carbonyl (C=O) groups is 1. The first kappa shape index (κ1) is 16.4. The average Bonchev–Trinajstić information content (AvgIpc) is 2.49. The fourth-order valence-electron chi connectivity index (χ4n) is 2.86. The molecule has 4 N–H and O–H groups in total. The van der Waals surface area contributed by atoms with Gasteiger partial charge in [0.2, 0.25) is 5.91 Å². The van der Waals surface area contributed by atoms with Crippen molar-refractivity contribution in [2.45, 2.75) is 52.4 Å². The van der Waals surface area contributed by atoms with Crippen LogP contribution in [0.5, 0.6) is 0 Å². The molecule has 0 bridgehead atoms. The summed E-state index contributed by atoms with van der Waals surface area (Å²) < 4.78 is 0. The van der Waals surface area contributed by atoms with Gasteiger partial charge in [-0.15, -0.1) is 0 Å². The van der Waals surface area contributed by atoms with Gasteiger partial charge in [0.05, 0.1) is 6.61 Å². The van der Waals surface area contributed by atoms with Crippen molar-refractivity contribution in [3.8, 4) is 0 Å².